The van der Waals surface area contributed by atoms with Crippen LogP contribution in [0.1, 0.15) is 35.8 Å². The second-order valence-electron chi connectivity index (χ2n) is 4.87. The molecule has 5 heteroatoms. The van der Waals surface area contributed by atoms with Crippen LogP contribution in [0.3, 0.4) is 0 Å². The number of pyridine rings is 1. The van der Waals surface area contributed by atoms with Crippen LogP contribution in [0.15, 0.2) is 18.3 Å². The fourth-order valence-electron chi connectivity index (χ4n) is 2.14. The van der Waals surface area contributed by atoms with E-state index in [0.717, 1.165) is 6.42 Å². The number of hydrogen-bond acceptors (Lipinski definition) is 4. The number of aliphatic hydroxyl groups is 1. The molecule has 0 bridgehead atoms. The highest BCUT2D eigenvalue weighted by Gasteiger charge is 2.31. The van der Waals surface area contributed by atoms with Gasteiger partial charge in [0.05, 0.1) is 11.2 Å². The molecule has 1 atom stereocenters. The van der Waals surface area contributed by atoms with Crippen LogP contribution < -0.4 is 0 Å². The summed E-state index contributed by atoms with van der Waals surface area (Å²) in [5.41, 5.74) is -0.0792. The van der Waals surface area contributed by atoms with Crippen molar-refractivity contribution in [1.82, 2.24) is 9.88 Å². The van der Waals surface area contributed by atoms with E-state index in [4.69, 9.17) is 5.26 Å². The van der Waals surface area contributed by atoms with Crippen LogP contribution >= 0.6 is 0 Å². The fraction of sp³-hybridized carbons (Fsp3) is 0.462. The van der Waals surface area contributed by atoms with E-state index in [1.807, 2.05) is 6.07 Å². The van der Waals surface area contributed by atoms with Gasteiger partial charge in [0.15, 0.2) is 0 Å². The van der Waals surface area contributed by atoms with Gasteiger partial charge in [0.2, 0.25) is 0 Å². The Balaban J connectivity index is 2.13. The minimum absolute atomic E-state index is 0.195. The van der Waals surface area contributed by atoms with Crippen LogP contribution in [-0.4, -0.2) is 39.6 Å². The van der Waals surface area contributed by atoms with Crippen molar-refractivity contribution in [3.05, 3.63) is 29.6 Å². The zero-order valence-corrected chi connectivity index (χ0v) is 10.3. The van der Waals surface area contributed by atoms with Crippen LogP contribution in [-0.2, 0) is 0 Å². The summed E-state index contributed by atoms with van der Waals surface area (Å²) in [4.78, 5) is 17.7. The molecule has 1 N–H and O–H groups in total. The third-order valence-corrected chi connectivity index (χ3v) is 3.07. The molecule has 1 unspecified atom stereocenters. The Bertz CT molecular complexity index is 488. The molecule has 1 fully saturated rings. The fourth-order valence-corrected chi connectivity index (χ4v) is 2.14. The van der Waals surface area contributed by atoms with Crippen molar-refractivity contribution < 1.29 is 9.90 Å². The van der Waals surface area contributed by atoms with E-state index in [2.05, 4.69) is 4.98 Å². The molecule has 0 aromatic carbocycles. The lowest BCUT2D eigenvalue weighted by molar-refractivity contribution is -0.0109. The molecule has 5 nitrogen and oxygen atoms in total. The van der Waals surface area contributed by atoms with E-state index < -0.39 is 5.60 Å². The Morgan fingerprint density at radius 1 is 1.61 bits per heavy atom. The molecule has 0 saturated carbocycles. The Kier molecular flexibility index (Phi) is 3.30. The Morgan fingerprint density at radius 2 is 2.39 bits per heavy atom. The molecule has 18 heavy (non-hydrogen) atoms. The topological polar surface area (TPSA) is 77.2 Å². The number of likely N-dealkylation sites (tertiary alicyclic amines) is 1. The van der Waals surface area contributed by atoms with E-state index in [1.165, 1.54) is 6.20 Å². The maximum Gasteiger partial charge on any atom is 0.272 e. The molecule has 1 aliphatic rings. The maximum absolute atomic E-state index is 12.2. The first-order valence-corrected chi connectivity index (χ1v) is 5.90. The molecule has 2 rings (SSSR count). The molecule has 94 valence electrons. The van der Waals surface area contributed by atoms with Crippen LogP contribution in [0.4, 0.5) is 0 Å². The van der Waals surface area contributed by atoms with Crippen LogP contribution in [0.25, 0.3) is 0 Å². The van der Waals surface area contributed by atoms with E-state index in [0.29, 0.717) is 30.8 Å². The maximum atomic E-state index is 12.2. The van der Waals surface area contributed by atoms with Crippen LogP contribution in [0, 0.1) is 11.3 Å². The van der Waals surface area contributed by atoms with Gasteiger partial charge in [0.25, 0.3) is 5.91 Å². The van der Waals surface area contributed by atoms with Crippen molar-refractivity contribution in [1.29, 1.82) is 5.26 Å². The predicted octanol–water partition coefficient (Wildman–Crippen LogP) is 0.940. The number of aromatic nitrogens is 1. The van der Waals surface area contributed by atoms with E-state index in [9.17, 15) is 9.90 Å². The number of β-amino-alcohol motifs (C(OH)–C–C–N with tert-alkyl or cyclic N) is 1. The monoisotopic (exact) mass is 245 g/mol. The van der Waals surface area contributed by atoms with Gasteiger partial charge in [-0.15, -0.1) is 0 Å². The molecule has 0 radical (unpaired) electrons. The summed E-state index contributed by atoms with van der Waals surface area (Å²) in [5.74, 6) is -0.195. The summed E-state index contributed by atoms with van der Waals surface area (Å²) < 4.78 is 0. The second kappa shape index (κ2) is 4.75. The summed E-state index contributed by atoms with van der Waals surface area (Å²) in [6.45, 7) is 2.70. The lowest BCUT2D eigenvalue weighted by Crippen LogP contribution is -2.48. The molecule has 1 amide bonds. The third-order valence-electron chi connectivity index (χ3n) is 3.07. The van der Waals surface area contributed by atoms with Crippen molar-refractivity contribution in [2.45, 2.75) is 25.4 Å². The zero-order chi connectivity index (χ0) is 13.2. The van der Waals surface area contributed by atoms with E-state index in [1.54, 1.807) is 24.0 Å². The van der Waals surface area contributed by atoms with E-state index in [-0.39, 0.29) is 5.91 Å². The Hall–Kier alpha value is -1.93. The summed E-state index contributed by atoms with van der Waals surface area (Å²) in [6.07, 6.45) is 2.88. The lowest BCUT2D eigenvalue weighted by Gasteiger charge is -2.36. The number of carbonyl (C=O) groups is 1. The van der Waals surface area contributed by atoms with Crippen molar-refractivity contribution in [3.8, 4) is 6.07 Å². The molecular formula is C13H15N3O2. The highest BCUT2D eigenvalue weighted by atomic mass is 16.3. The molecule has 1 aromatic rings. The van der Waals surface area contributed by atoms with Crippen LogP contribution in [0.2, 0.25) is 0 Å². The quantitative estimate of drug-likeness (QED) is 0.798. The molecule has 1 saturated heterocycles. The first kappa shape index (κ1) is 12.5. The lowest BCUT2D eigenvalue weighted by atomic mass is 9.95. The number of rotatable bonds is 1. The summed E-state index contributed by atoms with van der Waals surface area (Å²) in [7, 11) is 0. The van der Waals surface area contributed by atoms with Crippen molar-refractivity contribution >= 4 is 5.91 Å². The molecule has 1 aliphatic heterocycles. The van der Waals surface area contributed by atoms with Gasteiger partial charge < -0.3 is 10.0 Å². The summed E-state index contributed by atoms with van der Waals surface area (Å²) in [5, 5.41) is 18.6. The Morgan fingerprint density at radius 3 is 2.94 bits per heavy atom. The third kappa shape index (κ3) is 2.66. The molecule has 0 aliphatic carbocycles. The van der Waals surface area contributed by atoms with Gasteiger partial charge in [-0.1, -0.05) is 0 Å². The Labute approximate surface area is 106 Å². The minimum Gasteiger partial charge on any atom is -0.388 e. The molecule has 0 spiro atoms. The van der Waals surface area contributed by atoms with E-state index >= 15 is 0 Å². The van der Waals surface area contributed by atoms with Gasteiger partial charge in [-0.3, -0.25) is 4.79 Å². The number of carbonyl (C=O) groups excluding carboxylic acids is 1. The first-order chi connectivity index (χ1) is 8.52. The second-order valence-corrected chi connectivity index (χ2v) is 4.87. The van der Waals surface area contributed by atoms with Gasteiger partial charge in [0.1, 0.15) is 11.8 Å². The van der Waals surface area contributed by atoms with Crippen LogP contribution in [0.5, 0.6) is 0 Å². The normalized spacial score (nSPS) is 23.5. The predicted molar refractivity (Wildman–Crippen MR) is 64.7 cm³/mol. The van der Waals surface area contributed by atoms with Gasteiger partial charge in [0, 0.05) is 19.3 Å². The summed E-state index contributed by atoms with van der Waals surface area (Å²) >= 11 is 0. The number of amides is 1. The first-order valence-electron chi connectivity index (χ1n) is 5.90. The largest absolute Gasteiger partial charge is 0.388 e. The summed E-state index contributed by atoms with van der Waals surface area (Å²) in [6, 6.07) is 5.08. The van der Waals surface area contributed by atoms with Crippen molar-refractivity contribution in [2.24, 2.45) is 0 Å². The average molecular weight is 245 g/mol. The van der Waals surface area contributed by atoms with Gasteiger partial charge in [-0.05, 0) is 31.9 Å². The standard InChI is InChI=1S/C13H15N3O2/c1-13(18)5-2-6-16(9-13)12(17)11-4-3-10(7-14)8-15-11/h3-4,8,18H,2,5-6,9H2,1H3. The van der Waals surface area contributed by atoms with Crippen molar-refractivity contribution in [2.75, 3.05) is 13.1 Å². The number of piperidine rings is 1. The number of hydrogen-bond donors (Lipinski definition) is 1. The van der Waals surface area contributed by atoms with Gasteiger partial charge in [-0.25, -0.2) is 4.98 Å². The minimum atomic E-state index is -0.819. The number of nitriles is 1. The molecule has 2 heterocycles. The van der Waals surface area contributed by atoms with Gasteiger partial charge in [-0.2, -0.15) is 5.26 Å². The zero-order valence-electron chi connectivity index (χ0n) is 10.3. The highest BCUT2D eigenvalue weighted by molar-refractivity contribution is 5.92. The van der Waals surface area contributed by atoms with Crippen molar-refractivity contribution in [3.63, 3.8) is 0 Å². The van der Waals surface area contributed by atoms with Gasteiger partial charge >= 0.3 is 0 Å². The average Bonchev–Trinajstić information content (AvgIpc) is 2.37. The molecular weight excluding hydrogens is 230 g/mol. The smallest absolute Gasteiger partial charge is 0.272 e. The highest BCUT2D eigenvalue weighted by Crippen LogP contribution is 2.21. The molecule has 1 aromatic heterocycles. The number of nitrogens with zero attached hydrogens (tertiary/aromatic N) is 3. The SMILES string of the molecule is CC1(O)CCCN(C(=O)c2ccc(C#N)cn2)C1.